The van der Waals surface area contributed by atoms with Gasteiger partial charge in [-0.15, -0.1) is 0 Å². The minimum atomic E-state index is -2.45. The second kappa shape index (κ2) is 7.31. The first-order valence-corrected chi connectivity index (χ1v) is 8.46. The van der Waals surface area contributed by atoms with Crippen LogP contribution < -0.4 is 10.6 Å². The lowest BCUT2D eigenvalue weighted by molar-refractivity contribution is -0.119. The number of amides is 1. The molecule has 1 aromatic carbocycles. The Hall–Kier alpha value is -1.93. The molecule has 0 bridgehead atoms. The van der Waals surface area contributed by atoms with Crippen LogP contribution in [0.2, 0.25) is 0 Å². The number of thioether (sulfide) groups is 1. The van der Waals surface area contributed by atoms with E-state index in [1.807, 2.05) is 13.2 Å². The van der Waals surface area contributed by atoms with Crippen LogP contribution in [0.25, 0.3) is 0 Å². The molecule has 128 valence electrons. The summed E-state index contributed by atoms with van der Waals surface area (Å²) >= 11 is 0.486. The van der Waals surface area contributed by atoms with Gasteiger partial charge in [0.2, 0.25) is 5.91 Å². The third-order valence-corrected chi connectivity index (χ3v) is 4.77. The zero-order valence-corrected chi connectivity index (χ0v) is 13.9. The number of alkyl halides is 2. The maximum Gasteiger partial charge on any atom is 0.288 e. The van der Waals surface area contributed by atoms with E-state index >= 15 is 0 Å². The van der Waals surface area contributed by atoms with Crippen molar-refractivity contribution in [1.29, 1.82) is 0 Å². The molecular formula is C16H18F2N4OS. The van der Waals surface area contributed by atoms with E-state index in [4.69, 9.17) is 0 Å². The molecule has 1 amide bonds. The van der Waals surface area contributed by atoms with Crippen LogP contribution in [-0.2, 0) is 11.8 Å². The summed E-state index contributed by atoms with van der Waals surface area (Å²) in [6, 6.07) is 6.45. The summed E-state index contributed by atoms with van der Waals surface area (Å²) in [5, 5.41) is 10.3. The fourth-order valence-electron chi connectivity index (χ4n) is 2.89. The van der Waals surface area contributed by atoms with E-state index in [-0.39, 0.29) is 17.7 Å². The van der Waals surface area contributed by atoms with Gasteiger partial charge in [0, 0.05) is 42.8 Å². The Labute approximate surface area is 142 Å². The molecule has 2 aromatic rings. The lowest BCUT2D eigenvalue weighted by atomic mass is 9.90. The maximum atomic E-state index is 12.6. The molecule has 0 saturated carbocycles. The van der Waals surface area contributed by atoms with Crippen molar-refractivity contribution in [1.82, 2.24) is 15.1 Å². The van der Waals surface area contributed by atoms with Crippen LogP contribution in [-0.4, -0.2) is 34.5 Å². The van der Waals surface area contributed by atoms with Gasteiger partial charge in [-0.1, -0.05) is 11.8 Å². The largest absolute Gasteiger partial charge is 0.326 e. The van der Waals surface area contributed by atoms with Gasteiger partial charge in [0.1, 0.15) is 0 Å². The molecule has 2 N–H and O–H groups in total. The standard InChI is InChI=1S/C16H18F2N4OS/c1-22-9-10(6-20-22)13-7-19-8-14(13)15(23)21-11-2-4-12(5-3-11)24-16(17)18/h2-6,9,13-14,16,19H,7-8H2,1H3,(H,21,23)/t13-,14+/m1/s1. The van der Waals surface area contributed by atoms with E-state index in [2.05, 4.69) is 15.7 Å². The smallest absolute Gasteiger partial charge is 0.288 e. The highest BCUT2D eigenvalue weighted by molar-refractivity contribution is 7.99. The summed E-state index contributed by atoms with van der Waals surface area (Å²) in [5.41, 5.74) is 1.64. The van der Waals surface area contributed by atoms with Gasteiger partial charge < -0.3 is 10.6 Å². The number of hydrogen-bond acceptors (Lipinski definition) is 4. The molecule has 2 heterocycles. The topological polar surface area (TPSA) is 59.0 Å². The molecule has 2 atom stereocenters. The fraction of sp³-hybridized carbons (Fsp3) is 0.375. The number of benzene rings is 1. The summed E-state index contributed by atoms with van der Waals surface area (Å²) in [6.45, 7) is 1.33. The van der Waals surface area contributed by atoms with Crippen molar-refractivity contribution in [2.75, 3.05) is 18.4 Å². The SMILES string of the molecule is Cn1cc([C@H]2CNC[C@@H]2C(=O)Nc2ccc(SC(F)F)cc2)cn1. The Balaban J connectivity index is 1.65. The van der Waals surface area contributed by atoms with Crippen LogP contribution in [0.4, 0.5) is 14.5 Å². The molecule has 3 rings (SSSR count). The summed E-state index contributed by atoms with van der Waals surface area (Å²) < 4.78 is 26.4. The van der Waals surface area contributed by atoms with Gasteiger partial charge in [0.05, 0.1) is 12.1 Å². The van der Waals surface area contributed by atoms with E-state index in [0.29, 0.717) is 28.9 Å². The van der Waals surface area contributed by atoms with E-state index in [1.165, 1.54) is 0 Å². The van der Waals surface area contributed by atoms with Crippen LogP contribution in [0.3, 0.4) is 0 Å². The number of aryl methyl sites for hydroxylation is 1. The summed E-state index contributed by atoms with van der Waals surface area (Å²) in [7, 11) is 1.85. The number of carbonyl (C=O) groups excluding carboxylic acids is 1. The van der Waals surface area contributed by atoms with Gasteiger partial charge in [-0.3, -0.25) is 9.48 Å². The first-order chi connectivity index (χ1) is 11.5. The molecule has 8 heteroatoms. The Bertz CT molecular complexity index is 704. The highest BCUT2D eigenvalue weighted by atomic mass is 32.2. The van der Waals surface area contributed by atoms with Crippen molar-refractivity contribution in [2.45, 2.75) is 16.6 Å². The van der Waals surface area contributed by atoms with Crippen LogP contribution in [0.15, 0.2) is 41.6 Å². The molecule has 1 aliphatic heterocycles. The van der Waals surface area contributed by atoms with E-state index in [1.54, 1.807) is 35.1 Å². The van der Waals surface area contributed by atoms with Crippen molar-refractivity contribution in [3.8, 4) is 0 Å². The minimum absolute atomic E-state index is 0.0763. The Morgan fingerprint density at radius 2 is 2.12 bits per heavy atom. The lowest BCUT2D eigenvalue weighted by Gasteiger charge is -2.17. The van der Waals surface area contributed by atoms with Gasteiger partial charge in [0.25, 0.3) is 5.76 Å². The van der Waals surface area contributed by atoms with Gasteiger partial charge in [-0.2, -0.15) is 13.9 Å². The number of aromatic nitrogens is 2. The maximum absolute atomic E-state index is 12.6. The van der Waals surface area contributed by atoms with Gasteiger partial charge in [-0.25, -0.2) is 0 Å². The average molecular weight is 352 g/mol. The first-order valence-electron chi connectivity index (χ1n) is 7.58. The number of halogens is 2. The van der Waals surface area contributed by atoms with E-state index < -0.39 is 5.76 Å². The lowest BCUT2D eigenvalue weighted by Crippen LogP contribution is -2.28. The Morgan fingerprint density at radius 1 is 1.38 bits per heavy atom. The van der Waals surface area contributed by atoms with Gasteiger partial charge in [-0.05, 0) is 29.8 Å². The van der Waals surface area contributed by atoms with Gasteiger partial charge >= 0.3 is 0 Å². The van der Waals surface area contributed by atoms with Crippen LogP contribution in [0.1, 0.15) is 11.5 Å². The number of hydrogen-bond donors (Lipinski definition) is 2. The highest BCUT2D eigenvalue weighted by Crippen LogP contribution is 2.30. The molecule has 1 aromatic heterocycles. The quantitative estimate of drug-likeness (QED) is 0.813. The second-order valence-corrected chi connectivity index (χ2v) is 6.77. The first kappa shape index (κ1) is 16.9. The summed E-state index contributed by atoms with van der Waals surface area (Å²) in [4.78, 5) is 13.0. The second-order valence-electron chi connectivity index (χ2n) is 5.71. The molecule has 24 heavy (non-hydrogen) atoms. The number of anilines is 1. The normalized spacial score (nSPS) is 20.5. The molecule has 0 radical (unpaired) electrons. The van der Waals surface area contributed by atoms with Crippen molar-refractivity contribution in [3.63, 3.8) is 0 Å². The highest BCUT2D eigenvalue weighted by Gasteiger charge is 2.34. The van der Waals surface area contributed by atoms with Crippen LogP contribution in [0, 0.1) is 5.92 Å². The average Bonchev–Trinajstić information content (AvgIpc) is 3.17. The minimum Gasteiger partial charge on any atom is -0.326 e. The summed E-state index contributed by atoms with van der Waals surface area (Å²) in [6.07, 6.45) is 3.71. The van der Waals surface area contributed by atoms with Gasteiger partial charge in [0.15, 0.2) is 0 Å². The molecule has 1 fully saturated rings. The van der Waals surface area contributed by atoms with Crippen LogP contribution >= 0.6 is 11.8 Å². The van der Waals surface area contributed by atoms with Crippen molar-refractivity contribution in [2.24, 2.45) is 13.0 Å². The van der Waals surface area contributed by atoms with E-state index in [0.717, 1.165) is 12.1 Å². The Kier molecular flexibility index (Phi) is 5.15. The van der Waals surface area contributed by atoms with Crippen molar-refractivity contribution < 1.29 is 13.6 Å². The predicted molar refractivity (Wildman–Crippen MR) is 89.2 cm³/mol. The summed E-state index contributed by atoms with van der Waals surface area (Å²) in [5.74, 6) is -2.64. The Morgan fingerprint density at radius 3 is 2.75 bits per heavy atom. The number of nitrogens with one attached hydrogen (secondary N) is 2. The molecule has 0 spiro atoms. The van der Waals surface area contributed by atoms with Crippen LogP contribution in [0.5, 0.6) is 0 Å². The number of nitrogens with zero attached hydrogens (tertiary/aromatic N) is 2. The zero-order chi connectivity index (χ0) is 17.1. The molecule has 1 aliphatic rings. The molecule has 0 unspecified atom stereocenters. The number of carbonyl (C=O) groups is 1. The van der Waals surface area contributed by atoms with Crippen molar-refractivity contribution >= 4 is 23.4 Å². The van der Waals surface area contributed by atoms with E-state index in [9.17, 15) is 13.6 Å². The molecule has 5 nitrogen and oxygen atoms in total. The predicted octanol–water partition coefficient (Wildman–Crippen LogP) is 2.68. The molecule has 0 aliphatic carbocycles. The molecular weight excluding hydrogens is 334 g/mol. The third-order valence-electron chi connectivity index (χ3n) is 4.05. The third kappa shape index (κ3) is 3.93. The zero-order valence-electron chi connectivity index (χ0n) is 13.1. The number of rotatable bonds is 5. The fourth-order valence-corrected chi connectivity index (χ4v) is 3.39. The monoisotopic (exact) mass is 352 g/mol. The molecule has 1 saturated heterocycles. The van der Waals surface area contributed by atoms with Crippen molar-refractivity contribution in [3.05, 3.63) is 42.2 Å².